The minimum absolute atomic E-state index is 0.00926. The molecule has 0 bridgehead atoms. The fourth-order valence-corrected chi connectivity index (χ4v) is 3.26. The van der Waals surface area contributed by atoms with Gasteiger partial charge in [0, 0.05) is 23.9 Å². The Hall–Kier alpha value is 0.290. The van der Waals surface area contributed by atoms with Crippen molar-refractivity contribution in [1.82, 2.24) is 4.72 Å². The van der Waals surface area contributed by atoms with E-state index in [2.05, 4.69) is 11.3 Å². The number of rotatable bonds is 9. The smallest absolute Gasteiger partial charge is 0.211 e. The molecule has 0 aliphatic rings. The van der Waals surface area contributed by atoms with Crippen LogP contribution in [0.5, 0.6) is 0 Å². The van der Waals surface area contributed by atoms with E-state index in [0.717, 1.165) is 11.5 Å². The minimum atomic E-state index is -3.15. The van der Waals surface area contributed by atoms with Gasteiger partial charge in [-0.2, -0.15) is 11.8 Å². The second-order valence-electron chi connectivity index (χ2n) is 3.30. The van der Waals surface area contributed by atoms with Crippen molar-refractivity contribution < 1.29 is 8.42 Å². The van der Waals surface area contributed by atoms with Gasteiger partial charge in [-0.25, -0.2) is 13.1 Å². The molecule has 1 N–H and O–H groups in total. The Kier molecular flexibility index (Phi) is 8.61. The molecule has 0 radical (unpaired) electrons. The molecular weight excluding hydrogens is 254 g/mol. The number of sulfonamides is 1. The molecule has 0 aromatic carbocycles. The van der Waals surface area contributed by atoms with E-state index in [1.54, 1.807) is 17.8 Å². The summed E-state index contributed by atoms with van der Waals surface area (Å²) in [7, 11) is -3.15. The molecule has 0 saturated heterocycles. The predicted molar refractivity (Wildman–Crippen MR) is 69.2 cm³/mol. The van der Waals surface area contributed by atoms with Crippen molar-refractivity contribution in [3.05, 3.63) is 12.7 Å². The maximum atomic E-state index is 11.4. The van der Waals surface area contributed by atoms with E-state index in [1.165, 1.54) is 0 Å². The van der Waals surface area contributed by atoms with Crippen molar-refractivity contribution in [2.75, 3.05) is 29.7 Å². The number of nitrogens with one attached hydrogen (secondary N) is 1. The Balaban J connectivity index is 3.70. The third-order valence-corrected chi connectivity index (χ3v) is 4.71. The van der Waals surface area contributed by atoms with E-state index in [1.807, 2.05) is 6.92 Å². The van der Waals surface area contributed by atoms with Crippen LogP contribution >= 0.6 is 23.4 Å². The number of halogens is 1. The fraction of sp³-hybridized carbons (Fsp3) is 0.778. The SMILES string of the molecule is C=CCSCCNS(=O)(=O)CC(C)CCl. The number of hydrogen-bond acceptors (Lipinski definition) is 3. The van der Waals surface area contributed by atoms with Gasteiger partial charge in [0.25, 0.3) is 0 Å². The van der Waals surface area contributed by atoms with E-state index in [-0.39, 0.29) is 11.7 Å². The highest BCUT2D eigenvalue weighted by Crippen LogP contribution is 2.03. The topological polar surface area (TPSA) is 46.2 Å². The standard InChI is InChI=1S/C9H18ClNO2S2/c1-3-5-14-6-4-11-15(12,13)8-9(2)7-10/h3,9,11H,1,4-8H2,2H3. The summed E-state index contributed by atoms with van der Waals surface area (Å²) < 4.78 is 25.4. The summed E-state index contributed by atoms with van der Waals surface area (Å²) in [6.45, 7) is 5.87. The fourth-order valence-electron chi connectivity index (χ4n) is 0.914. The van der Waals surface area contributed by atoms with Crippen molar-refractivity contribution in [1.29, 1.82) is 0 Å². The highest BCUT2D eigenvalue weighted by atomic mass is 35.5. The van der Waals surface area contributed by atoms with Crippen molar-refractivity contribution in [2.24, 2.45) is 5.92 Å². The molecule has 0 spiro atoms. The Labute approximate surface area is 102 Å². The molecule has 1 atom stereocenters. The normalized spacial score (nSPS) is 13.7. The van der Waals surface area contributed by atoms with E-state index in [4.69, 9.17) is 11.6 Å². The quantitative estimate of drug-likeness (QED) is 0.394. The molecule has 0 saturated carbocycles. The predicted octanol–water partition coefficient (Wildman–Crippen LogP) is 1.70. The lowest BCUT2D eigenvalue weighted by molar-refractivity contribution is 0.571. The Morgan fingerprint density at radius 3 is 2.80 bits per heavy atom. The summed E-state index contributed by atoms with van der Waals surface area (Å²) >= 11 is 7.20. The van der Waals surface area contributed by atoms with Crippen LogP contribution in [-0.2, 0) is 10.0 Å². The van der Waals surface area contributed by atoms with Crippen LogP contribution in [0.3, 0.4) is 0 Å². The second-order valence-corrected chi connectivity index (χ2v) is 6.61. The molecule has 0 aromatic rings. The van der Waals surface area contributed by atoms with Crippen LogP contribution in [0.15, 0.2) is 12.7 Å². The van der Waals surface area contributed by atoms with Gasteiger partial charge < -0.3 is 0 Å². The zero-order chi connectivity index (χ0) is 11.7. The van der Waals surface area contributed by atoms with Gasteiger partial charge in [-0.3, -0.25) is 0 Å². The molecule has 6 heteroatoms. The highest BCUT2D eigenvalue weighted by Gasteiger charge is 2.13. The molecule has 1 unspecified atom stereocenters. The maximum absolute atomic E-state index is 11.4. The second kappa shape index (κ2) is 8.44. The minimum Gasteiger partial charge on any atom is -0.214 e. The molecule has 15 heavy (non-hydrogen) atoms. The number of hydrogen-bond donors (Lipinski definition) is 1. The Bertz CT molecular complexity index is 267. The monoisotopic (exact) mass is 271 g/mol. The van der Waals surface area contributed by atoms with Crippen LogP contribution in [0.4, 0.5) is 0 Å². The van der Waals surface area contributed by atoms with Crippen LogP contribution in [0, 0.1) is 5.92 Å². The first-order chi connectivity index (χ1) is 7.02. The summed E-state index contributed by atoms with van der Waals surface area (Å²) in [5.74, 6) is 2.07. The van der Waals surface area contributed by atoms with Crippen molar-refractivity contribution in [2.45, 2.75) is 6.92 Å². The Morgan fingerprint density at radius 1 is 1.60 bits per heavy atom. The van der Waals surface area contributed by atoms with Gasteiger partial charge in [-0.05, 0) is 5.92 Å². The van der Waals surface area contributed by atoms with E-state index in [9.17, 15) is 8.42 Å². The summed E-state index contributed by atoms with van der Waals surface area (Å²) in [5.41, 5.74) is 0. The zero-order valence-corrected chi connectivity index (χ0v) is 11.3. The van der Waals surface area contributed by atoms with Gasteiger partial charge in [0.15, 0.2) is 0 Å². The first kappa shape index (κ1) is 15.3. The molecule has 0 aliphatic carbocycles. The van der Waals surface area contributed by atoms with Gasteiger partial charge in [0.05, 0.1) is 5.75 Å². The van der Waals surface area contributed by atoms with Crippen molar-refractivity contribution >= 4 is 33.4 Å². The van der Waals surface area contributed by atoms with Crippen molar-refractivity contribution in [3.8, 4) is 0 Å². The molecule has 0 rings (SSSR count). The first-order valence-electron chi connectivity index (χ1n) is 4.73. The van der Waals surface area contributed by atoms with Gasteiger partial charge in [-0.15, -0.1) is 18.2 Å². The van der Waals surface area contributed by atoms with Crippen LogP contribution in [0.2, 0.25) is 0 Å². The summed E-state index contributed by atoms with van der Waals surface area (Å²) in [6.07, 6.45) is 1.80. The highest BCUT2D eigenvalue weighted by molar-refractivity contribution is 7.99. The first-order valence-corrected chi connectivity index (χ1v) is 8.08. The number of thioether (sulfide) groups is 1. The molecule has 0 heterocycles. The molecule has 0 aliphatic heterocycles. The van der Waals surface area contributed by atoms with Gasteiger partial charge in [0.2, 0.25) is 10.0 Å². The molecule has 0 fully saturated rings. The van der Waals surface area contributed by atoms with E-state index >= 15 is 0 Å². The third-order valence-electron chi connectivity index (χ3n) is 1.57. The number of alkyl halides is 1. The average Bonchev–Trinajstić information content (AvgIpc) is 2.16. The average molecular weight is 272 g/mol. The lowest BCUT2D eigenvalue weighted by Crippen LogP contribution is -2.31. The summed E-state index contributed by atoms with van der Waals surface area (Å²) in [6, 6.07) is 0. The van der Waals surface area contributed by atoms with Gasteiger partial charge in [-0.1, -0.05) is 13.0 Å². The lowest BCUT2D eigenvalue weighted by atomic mass is 10.3. The van der Waals surface area contributed by atoms with Crippen LogP contribution in [0.1, 0.15) is 6.92 Å². The summed E-state index contributed by atoms with van der Waals surface area (Å²) in [5, 5.41) is 0. The maximum Gasteiger partial charge on any atom is 0.211 e. The van der Waals surface area contributed by atoms with E-state index < -0.39 is 10.0 Å². The van der Waals surface area contributed by atoms with Crippen LogP contribution in [0.25, 0.3) is 0 Å². The largest absolute Gasteiger partial charge is 0.214 e. The molecule has 3 nitrogen and oxygen atoms in total. The zero-order valence-electron chi connectivity index (χ0n) is 8.91. The molecule has 0 aromatic heterocycles. The van der Waals surface area contributed by atoms with Gasteiger partial charge >= 0.3 is 0 Å². The lowest BCUT2D eigenvalue weighted by Gasteiger charge is -2.09. The Morgan fingerprint density at radius 2 is 2.27 bits per heavy atom. The molecular formula is C9H18ClNO2S2. The third kappa shape index (κ3) is 9.23. The van der Waals surface area contributed by atoms with Crippen LogP contribution < -0.4 is 4.72 Å². The summed E-state index contributed by atoms with van der Waals surface area (Å²) in [4.78, 5) is 0. The molecule has 0 amide bonds. The van der Waals surface area contributed by atoms with Crippen LogP contribution in [-0.4, -0.2) is 38.1 Å². The van der Waals surface area contributed by atoms with E-state index in [0.29, 0.717) is 12.4 Å². The van der Waals surface area contributed by atoms with Crippen molar-refractivity contribution in [3.63, 3.8) is 0 Å². The molecule has 90 valence electrons. The van der Waals surface area contributed by atoms with Gasteiger partial charge in [0.1, 0.15) is 0 Å².